The molecular formula is C20H12BrN3O. The molecule has 0 aliphatic carbocycles. The fraction of sp³-hybridized carbons (Fsp3) is 0. The standard InChI is InChI=1S/C20H12BrN3O/c21-13-10-11-17-18(12-13)24-16-9-5-4-8-15(16)22-19(24)20(25)23(17)14-6-2-1-3-7-14/h1-12H. The number of imidazole rings is 1. The highest BCUT2D eigenvalue weighted by molar-refractivity contribution is 9.10. The molecule has 3 aromatic carbocycles. The number of para-hydroxylation sites is 3. The third-order valence-electron chi connectivity index (χ3n) is 4.39. The SMILES string of the molecule is O=c1c2nc3ccccc3n2c2cc(Br)ccc2n1-c1ccccc1. The van der Waals surface area contributed by atoms with Gasteiger partial charge in [0, 0.05) is 10.2 Å². The van der Waals surface area contributed by atoms with Crippen molar-refractivity contribution in [3.63, 3.8) is 0 Å². The van der Waals surface area contributed by atoms with Gasteiger partial charge in [-0.3, -0.25) is 13.8 Å². The van der Waals surface area contributed by atoms with Gasteiger partial charge < -0.3 is 0 Å². The van der Waals surface area contributed by atoms with Crippen molar-refractivity contribution in [1.82, 2.24) is 14.0 Å². The molecule has 2 aromatic heterocycles. The molecular weight excluding hydrogens is 378 g/mol. The molecule has 0 radical (unpaired) electrons. The quantitative estimate of drug-likeness (QED) is 0.421. The van der Waals surface area contributed by atoms with E-state index in [1.54, 1.807) is 4.57 Å². The van der Waals surface area contributed by atoms with Crippen LogP contribution in [-0.2, 0) is 0 Å². The maximum absolute atomic E-state index is 13.3. The Balaban J connectivity index is 2.10. The van der Waals surface area contributed by atoms with Crippen molar-refractivity contribution in [2.45, 2.75) is 0 Å². The Kier molecular flexibility index (Phi) is 3.05. The monoisotopic (exact) mass is 389 g/mol. The number of benzene rings is 3. The van der Waals surface area contributed by atoms with Crippen molar-refractivity contribution < 1.29 is 0 Å². The maximum Gasteiger partial charge on any atom is 0.299 e. The summed E-state index contributed by atoms with van der Waals surface area (Å²) < 4.78 is 4.62. The largest absolute Gasteiger partial charge is 0.299 e. The lowest BCUT2D eigenvalue weighted by molar-refractivity contribution is 1.02. The van der Waals surface area contributed by atoms with Crippen molar-refractivity contribution in [3.05, 3.63) is 87.6 Å². The van der Waals surface area contributed by atoms with E-state index in [2.05, 4.69) is 20.9 Å². The van der Waals surface area contributed by atoms with Crippen molar-refractivity contribution in [1.29, 1.82) is 0 Å². The molecule has 0 saturated carbocycles. The number of hydrogen-bond donors (Lipinski definition) is 0. The zero-order valence-electron chi connectivity index (χ0n) is 13.1. The van der Waals surface area contributed by atoms with Gasteiger partial charge in [-0.15, -0.1) is 0 Å². The van der Waals surface area contributed by atoms with Crippen LogP contribution >= 0.6 is 15.9 Å². The van der Waals surface area contributed by atoms with E-state index >= 15 is 0 Å². The minimum absolute atomic E-state index is 0.128. The second-order valence-electron chi connectivity index (χ2n) is 5.87. The number of aromatic nitrogens is 3. The summed E-state index contributed by atoms with van der Waals surface area (Å²) in [6.07, 6.45) is 0. The molecule has 0 atom stereocenters. The average molecular weight is 390 g/mol. The predicted molar refractivity (Wildman–Crippen MR) is 104 cm³/mol. The van der Waals surface area contributed by atoms with E-state index in [0.29, 0.717) is 5.65 Å². The van der Waals surface area contributed by atoms with Crippen molar-refractivity contribution >= 4 is 43.6 Å². The summed E-state index contributed by atoms with van der Waals surface area (Å²) >= 11 is 3.55. The molecule has 5 aromatic rings. The molecule has 0 aliphatic heterocycles. The molecule has 5 heteroatoms. The average Bonchev–Trinajstić information content (AvgIpc) is 3.03. The first-order valence-electron chi connectivity index (χ1n) is 7.91. The van der Waals surface area contributed by atoms with Gasteiger partial charge in [0.05, 0.1) is 22.1 Å². The highest BCUT2D eigenvalue weighted by Crippen LogP contribution is 2.25. The first-order valence-corrected chi connectivity index (χ1v) is 8.70. The Labute approximate surface area is 151 Å². The van der Waals surface area contributed by atoms with E-state index in [1.165, 1.54) is 0 Å². The minimum atomic E-state index is -0.128. The normalized spacial score (nSPS) is 11.6. The number of fused-ring (bicyclic) bond motifs is 5. The molecule has 25 heavy (non-hydrogen) atoms. The van der Waals surface area contributed by atoms with Crippen LogP contribution in [0.5, 0.6) is 0 Å². The first kappa shape index (κ1) is 14.4. The molecule has 2 heterocycles. The van der Waals surface area contributed by atoms with E-state index in [0.717, 1.165) is 32.2 Å². The second-order valence-corrected chi connectivity index (χ2v) is 6.78. The summed E-state index contributed by atoms with van der Waals surface area (Å²) in [7, 11) is 0. The van der Waals surface area contributed by atoms with Crippen LogP contribution < -0.4 is 5.56 Å². The van der Waals surface area contributed by atoms with E-state index in [4.69, 9.17) is 0 Å². The molecule has 4 nitrogen and oxygen atoms in total. The van der Waals surface area contributed by atoms with Crippen molar-refractivity contribution in [2.75, 3.05) is 0 Å². The highest BCUT2D eigenvalue weighted by Gasteiger charge is 2.16. The van der Waals surface area contributed by atoms with Crippen LogP contribution in [0.4, 0.5) is 0 Å². The third-order valence-corrected chi connectivity index (χ3v) is 4.88. The Bertz CT molecular complexity index is 1320. The van der Waals surface area contributed by atoms with Crippen molar-refractivity contribution in [2.24, 2.45) is 0 Å². The summed E-state index contributed by atoms with van der Waals surface area (Å²) in [5.41, 5.74) is 4.64. The third kappa shape index (κ3) is 2.06. The van der Waals surface area contributed by atoms with Crippen LogP contribution in [0.1, 0.15) is 0 Å². The number of halogens is 1. The zero-order chi connectivity index (χ0) is 17.0. The van der Waals surface area contributed by atoms with Crippen LogP contribution in [0, 0.1) is 0 Å². The highest BCUT2D eigenvalue weighted by atomic mass is 79.9. The molecule has 0 N–H and O–H groups in total. The summed E-state index contributed by atoms with van der Waals surface area (Å²) in [4.78, 5) is 17.9. The number of hydrogen-bond acceptors (Lipinski definition) is 2. The van der Waals surface area contributed by atoms with Crippen molar-refractivity contribution in [3.8, 4) is 5.69 Å². The molecule has 0 spiro atoms. The predicted octanol–water partition coefficient (Wildman–Crippen LogP) is 4.55. The number of rotatable bonds is 1. The molecule has 0 saturated heterocycles. The van der Waals surface area contributed by atoms with E-state index in [1.807, 2.05) is 77.2 Å². The van der Waals surface area contributed by atoms with Gasteiger partial charge in [0.15, 0.2) is 0 Å². The summed E-state index contributed by atoms with van der Waals surface area (Å²) in [5, 5.41) is 0. The lowest BCUT2D eigenvalue weighted by Crippen LogP contribution is -2.21. The zero-order valence-corrected chi connectivity index (χ0v) is 14.6. The lowest BCUT2D eigenvalue weighted by atomic mass is 10.2. The van der Waals surface area contributed by atoms with Gasteiger partial charge in [0.1, 0.15) is 0 Å². The van der Waals surface area contributed by atoms with Gasteiger partial charge in [-0.05, 0) is 42.5 Å². The van der Waals surface area contributed by atoms with Gasteiger partial charge in [0.2, 0.25) is 5.65 Å². The van der Waals surface area contributed by atoms with E-state index < -0.39 is 0 Å². The lowest BCUT2D eigenvalue weighted by Gasteiger charge is -2.12. The Hall–Kier alpha value is -2.92. The van der Waals surface area contributed by atoms with Crippen LogP contribution in [0.2, 0.25) is 0 Å². The fourth-order valence-electron chi connectivity index (χ4n) is 3.32. The smallest absolute Gasteiger partial charge is 0.286 e. The Morgan fingerprint density at radius 2 is 1.56 bits per heavy atom. The van der Waals surface area contributed by atoms with Gasteiger partial charge in [-0.1, -0.05) is 46.3 Å². The summed E-state index contributed by atoms with van der Waals surface area (Å²) in [6.45, 7) is 0. The van der Waals surface area contributed by atoms with Gasteiger partial charge in [-0.2, -0.15) is 0 Å². The van der Waals surface area contributed by atoms with Gasteiger partial charge in [-0.25, -0.2) is 4.98 Å². The second kappa shape index (κ2) is 5.29. The van der Waals surface area contributed by atoms with Crippen LogP contribution in [0.15, 0.2) is 82.1 Å². The molecule has 5 rings (SSSR count). The molecule has 0 amide bonds. The topological polar surface area (TPSA) is 39.3 Å². The van der Waals surface area contributed by atoms with E-state index in [-0.39, 0.29) is 5.56 Å². The molecule has 0 fully saturated rings. The van der Waals surface area contributed by atoms with Crippen LogP contribution in [0.25, 0.3) is 33.4 Å². The first-order chi connectivity index (χ1) is 12.2. The molecule has 0 unspecified atom stereocenters. The summed E-state index contributed by atoms with van der Waals surface area (Å²) in [5.74, 6) is 0. The fourth-order valence-corrected chi connectivity index (χ4v) is 3.67. The molecule has 0 aliphatic rings. The minimum Gasteiger partial charge on any atom is -0.286 e. The number of nitrogens with zero attached hydrogens (tertiary/aromatic N) is 3. The van der Waals surface area contributed by atoms with Gasteiger partial charge >= 0.3 is 0 Å². The Morgan fingerprint density at radius 3 is 2.40 bits per heavy atom. The molecule has 0 bridgehead atoms. The maximum atomic E-state index is 13.3. The van der Waals surface area contributed by atoms with Crippen LogP contribution in [0.3, 0.4) is 0 Å². The van der Waals surface area contributed by atoms with Crippen LogP contribution in [-0.4, -0.2) is 14.0 Å². The van der Waals surface area contributed by atoms with E-state index in [9.17, 15) is 4.79 Å². The summed E-state index contributed by atoms with van der Waals surface area (Å²) in [6, 6.07) is 23.4. The Morgan fingerprint density at radius 1 is 0.800 bits per heavy atom. The van der Waals surface area contributed by atoms with Gasteiger partial charge in [0.25, 0.3) is 5.56 Å². The molecule has 120 valence electrons.